The van der Waals surface area contributed by atoms with Crippen molar-refractivity contribution < 1.29 is 0 Å². The molecule has 7 nitrogen and oxygen atoms in total. The Morgan fingerprint density at radius 3 is 2.82 bits per heavy atom. The third kappa shape index (κ3) is 2.90. The zero-order chi connectivity index (χ0) is 19.1. The summed E-state index contributed by atoms with van der Waals surface area (Å²) >= 11 is 1.57. The summed E-state index contributed by atoms with van der Waals surface area (Å²) in [5, 5.41) is 27.4. The van der Waals surface area contributed by atoms with E-state index >= 15 is 0 Å². The molecule has 1 aliphatic carbocycles. The van der Waals surface area contributed by atoms with Crippen molar-refractivity contribution in [1.29, 1.82) is 5.26 Å². The largest absolute Gasteiger partial charge is 0.382 e. The molecule has 28 heavy (non-hydrogen) atoms. The van der Waals surface area contributed by atoms with Crippen molar-refractivity contribution in [3.63, 3.8) is 0 Å². The van der Waals surface area contributed by atoms with Gasteiger partial charge in [-0.1, -0.05) is 11.3 Å². The van der Waals surface area contributed by atoms with Crippen molar-refractivity contribution in [2.24, 2.45) is 0 Å². The zero-order valence-corrected chi connectivity index (χ0v) is 16.1. The highest BCUT2D eigenvalue weighted by molar-refractivity contribution is 7.14. The van der Waals surface area contributed by atoms with Crippen molar-refractivity contribution in [3.05, 3.63) is 47.2 Å². The molecule has 4 heterocycles. The molecule has 0 radical (unpaired) electrons. The number of nitrogens with zero attached hydrogens (tertiary/aromatic N) is 6. The van der Waals surface area contributed by atoms with Gasteiger partial charge in [0.1, 0.15) is 11.1 Å². The fourth-order valence-electron chi connectivity index (χ4n) is 3.32. The molecular weight excluding hydrogens is 370 g/mol. The highest BCUT2D eigenvalue weighted by atomic mass is 32.1. The number of aryl methyl sites for hydroxylation is 1. The molecule has 0 unspecified atom stereocenters. The van der Waals surface area contributed by atoms with Crippen LogP contribution in [0.2, 0.25) is 0 Å². The molecule has 138 valence electrons. The van der Waals surface area contributed by atoms with E-state index in [1.54, 1.807) is 17.5 Å². The monoisotopic (exact) mass is 387 g/mol. The molecule has 0 aromatic carbocycles. The molecule has 1 fully saturated rings. The maximum absolute atomic E-state index is 9.08. The van der Waals surface area contributed by atoms with Crippen LogP contribution in [0.1, 0.15) is 29.8 Å². The Kier molecular flexibility index (Phi) is 4.02. The number of pyridine rings is 1. The van der Waals surface area contributed by atoms with Crippen LogP contribution in [-0.4, -0.2) is 30.8 Å². The molecule has 8 heteroatoms. The SMILES string of the molecule is Cc1nnc(-c2cnc(-c3ccc4cc(C#N)cnn34)cc2NC2CCC2)s1. The lowest BCUT2D eigenvalue weighted by Crippen LogP contribution is -2.27. The average Bonchev–Trinajstić information content (AvgIpc) is 3.30. The topological polar surface area (TPSA) is 91.8 Å². The molecule has 1 aliphatic rings. The van der Waals surface area contributed by atoms with Crippen LogP contribution < -0.4 is 5.32 Å². The van der Waals surface area contributed by atoms with Gasteiger partial charge in [-0.15, -0.1) is 10.2 Å². The Morgan fingerprint density at radius 2 is 2.11 bits per heavy atom. The fourth-order valence-corrected chi connectivity index (χ4v) is 4.03. The second kappa shape index (κ2) is 6.69. The van der Waals surface area contributed by atoms with Crippen LogP contribution in [0.3, 0.4) is 0 Å². The van der Waals surface area contributed by atoms with E-state index in [-0.39, 0.29) is 0 Å². The molecule has 0 spiro atoms. The van der Waals surface area contributed by atoms with Gasteiger partial charge in [-0.05, 0) is 50.5 Å². The maximum atomic E-state index is 9.08. The molecule has 1 saturated carbocycles. The highest BCUT2D eigenvalue weighted by Crippen LogP contribution is 2.35. The van der Waals surface area contributed by atoms with Crippen LogP contribution in [0.25, 0.3) is 27.5 Å². The first-order valence-corrected chi connectivity index (χ1v) is 9.98. The van der Waals surface area contributed by atoms with E-state index in [4.69, 9.17) is 5.26 Å². The average molecular weight is 387 g/mol. The Bertz CT molecular complexity index is 1210. The van der Waals surface area contributed by atoms with E-state index < -0.39 is 0 Å². The van der Waals surface area contributed by atoms with E-state index in [9.17, 15) is 0 Å². The summed E-state index contributed by atoms with van der Waals surface area (Å²) in [5.74, 6) is 0. The van der Waals surface area contributed by atoms with Crippen LogP contribution in [0.5, 0.6) is 0 Å². The van der Waals surface area contributed by atoms with Gasteiger partial charge in [0.25, 0.3) is 0 Å². The lowest BCUT2D eigenvalue weighted by Gasteiger charge is -2.28. The van der Waals surface area contributed by atoms with Crippen LogP contribution in [0, 0.1) is 18.3 Å². The summed E-state index contributed by atoms with van der Waals surface area (Å²) in [7, 11) is 0. The van der Waals surface area contributed by atoms with Crippen LogP contribution in [0.15, 0.2) is 36.7 Å². The van der Waals surface area contributed by atoms with Crippen molar-refractivity contribution in [2.75, 3.05) is 5.32 Å². The normalized spacial score (nSPS) is 14.0. The quantitative estimate of drug-likeness (QED) is 0.568. The van der Waals surface area contributed by atoms with Gasteiger partial charge in [0.05, 0.1) is 34.2 Å². The van der Waals surface area contributed by atoms with Gasteiger partial charge in [-0.25, -0.2) is 4.52 Å². The summed E-state index contributed by atoms with van der Waals surface area (Å²) < 4.78 is 1.81. The summed E-state index contributed by atoms with van der Waals surface area (Å²) in [6.07, 6.45) is 7.05. The van der Waals surface area contributed by atoms with Gasteiger partial charge in [0, 0.05) is 17.9 Å². The number of fused-ring (bicyclic) bond motifs is 1. The minimum atomic E-state index is 0.489. The molecule has 5 rings (SSSR count). The summed E-state index contributed by atoms with van der Waals surface area (Å²) in [5.41, 5.74) is 5.11. The number of aromatic nitrogens is 5. The molecule has 0 saturated heterocycles. The van der Waals surface area contributed by atoms with Gasteiger partial charge in [-0.3, -0.25) is 4.98 Å². The molecule has 4 aromatic heterocycles. The third-order valence-electron chi connectivity index (χ3n) is 5.02. The summed E-state index contributed by atoms with van der Waals surface area (Å²) in [6.45, 7) is 1.95. The van der Waals surface area contributed by atoms with E-state index in [1.807, 2.05) is 35.8 Å². The standard InChI is InChI=1S/C20H17N7S/c1-12-25-26-20(28-12)16-11-22-18(8-17(16)24-14-3-2-4-14)19-6-5-15-7-13(9-21)10-23-27(15)19/h5-8,10-11,14H,2-4H2,1H3,(H,22,24). The minimum Gasteiger partial charge on any atom is -0.382 e. The fraction of sp³-hybridized carbons (Fsp3) is 0.250. The van der Waals surface area contributed by atoms with Gasteiger partial charge >= 0.3 is 0 Å². The number of hydrogen-bond acceptors (Lipinski definition) is 7. The first kappa shape index (κ1) is 16.8. The van der Waals surface area contributed by atoms with E-state index in [1.165, 1.54) is 19.3 Å². The van der Waals surface area contributed by atoms with Crippen molar-refractivity contribution in [1.82, 2.24) is 24.8 Å². The summed E-state index contributed by atoms with van der Waals surface area (Å²) in [4.78, 5) is 4.68. The predicted octanol–water partition coefficient (Wildman–Crippen LogP) is 4.06. The molecule has 4 aromatic rings. The first-order chi connectivity index (χ1) is 13.7. The number of hydrogen-bond donors (Lipinski definition) is 1. The number of nitriles is 1. The van der Waals surface area contributed by atoms with Gasteiger partial charge in [0.2, 0.25) is 0 Å². The van der Waals surface area contributed by atoms with E-state index in [0.29, 0.717) is 11.6 Å². The first-order valence-electron chi connectivity index (χ1n) is 9.16. The second-order valence-corrected chi connectivity index (χ2v) is 8.11. The number of nitrogens with one attached hydrogen (secondary N) is 1. The minimum absolute atomic E-state index is 0.489. The van der Waals surface area contributed by atoms with Gasteiger partial charge in [-0.2, -0.15) is 10.4 Å². The number of rotatable bonds is 4. The van der Waals surface area contributed by atoms with Crippen LogP contribution in [0.4, 0.5) is 5.69 Å². The Morgan fingerprint density at radius 1 is 1.21 bits per heavy atom. The molecule has 1 N–H and O–H groups in total. The van der Waals surface area contributed by atoms with Crippen molar-refractivity contribution in [3.8, 4) is 28.0 Å². The highest BCUT2D eigenvalue weighted by Gasteiger charge is 2.21. The van der Waals surface area contributed by atoms with E-state index in [2.05, 4.69) is 37.7 Å². The van der Waals surface area contributed by atoms with Crippen molar-refractivity contribution >= 4 is 22.5 Å². The van der Waals surface area contributed by atoms with Crippen LogP contribution >= 0.6 is 11.3 Å². The van der Waals surface area contributed by atoms with Crippen LogP contribution in [-0.2, 0) is 0 Å². The third-order valence-corrected chi connectivity index (χ3v) is 5.89. The second-order valence-electron chi connectivity index (χ2n) is 6.92. The Balaban J connectivity index is 1.60. The lowest BCUT2D eigenvalue weighted by molar-refractivity contribution is 0.445. The Hall–Kier alpha value is -3.31. The maximum Gasteiger partial charge on any atom is 0.151 e. The Labute approximate surface area is 165 Å². The predicted molar refractivity (Wildman–Crippen MR) is 108 cm³/mol. The van der Waals surface area contributed by atoms with E-state index in [0.717, 1.165) is 38.2 Å². The zero-order valence-electron chi connectivity index (χ0n) is 15.3. The molecule has 0 amide bonds. The van der Waals surface area contributed by atoms with Gasteiger partial charge in [0.15, 0.2) is 5.01 Å². The van der Waals surface area contributed by atoms with Crippen molar-refractivity contribution in [2.45, 2.75) is 32.2 Å². The molecule has 0 atom stereocenters. The molecular formula is C20H17N7S. The van der Waals surface area contributed by atoms with Gasteiger partial charge < -0.3 is 5.32 Å². The molecule has 0 bridgehead atoms. The smallest absolute Gasteiger partial charge is 0.151 e. The molecule has 0 aliphatic heterocycles. The number of anilines is 1. The summed E-state index contributed by atoms with van der Waals surface area (Å²) in [6, 6.07) is 10.4. The lowest BCUT2D eigenvalue weighted by atomic mass is 9.92.